The number of hydrazone groups is 1. The van der Waals surface area contributed by atoms with Gasteiger partial charge in [0.05, 0.1) is 5.36 Å². The first-order valence-electron chi connectivity index (χ1n) is 7.64. The molecular weight excluding hydrogens is 320 g/mol. The normalized spacial score (nSPS) is 19.0. The second-order valence-corrected chi connectivity index (χ2v) is 6.48. The number of fused-ring (bicyclic) bond motifs is 2. The van der Waals surface area contributed by atoms with Crippen LogP contribution >= 0.6 is 11.8 Å². The zero-order chi connectivity index (χ0) is 16.7. The molecule has 0 spiro atoms. The SMILES string of the molecule is CSC1=NN2C(=c3ccccc3=NC2c2ccc(C)cc2)C(=O)N1. The number of nitrogens with zero attached hydrogens (tertiary/aromatic N) is 3. The fourth-order valence-corrected chi connectivity index (χ4v) is 3.24. The molecule has 2 aliphatic rings. The van der Waals surface area contributed by atoms with Crippen molar-refractivity contribution in [3.63, 3.8) is 0 Å². The number of para-hydroxylation sites is 1. The largest absolute Gasteiger partial charge is 0.298 e. The maximum atomic E-state index is 12.7. The van der Waals surface area contributed by atoms with Crippen LogP contribution in [0.15, 0.2) is 58.6 Å². The van der Waals surface area contributed by atoms with Gasteiger partial charge in [-0.3, -0.25) is 15.1 Å². The van der Waals surface area contributed by atoms with Crippen LogP contribution < -0.4 is 15.9 Å². The first-order valence-corrected chi connectivity index (χ1v) is 8.87. The smallest absolute Gasteiger partial charge is 0.276 e. The van der Waals surface area contributed by atoms with Crippen molar-refractivity contribution in [1.82, 2.24) is 10.3 Å². The van der Waals surface area contributed by atoms with Gasteiger partial charge in [-0.2, -0.15) is 0 Å². The van der Waals surface area contributed by atoms with Gasteiger partial charge in [-0.15, -0.1) is 5.10 Å². The van der Waals surface area contributed by atoms with Crippen LogP contribution in [0.25, 0.3) is 5.70 Å². The second-order valence-electron chi connectivity index (χ2n) is 5.69. The summed E-state index contributed by atoms with van der Waals surface area (Å²) in [5, 5.41) is 11.4. The van der Waals surface area contributed by atoms with Crippen LogP contribution in [-0.2, 0) is 4.79 Å². The number of amidine groups is 1. The minimum absolute atomic E-state index is 0.145. The number of amides is 1. The molecule has 24 heavy (non-hydrogen) atoms. The summed E-state index contributed by atoms with van der Waals surface area (Å²) in [6.45, 7) is 2.05. The van der Waals surface area contributed by atoms with Gasteiger partial charge in [-0.25, -0.2) is 5.01 Å². The molecule has 0 radical (unpaired) electrons. The van der Waals surface area contributed by atoms with Crippen molar-refractivity contribution >= 4 is 28.5 Å². The first kappa shape index (κ1) is 15.0. The molecule has 0 bridgehead atoms. The molecule has 2 aromatic rings. The summed E-state index contributed by atoms with van der Waals surface area (Å²) in [7, 11) is 0. The number of carbonyl (C=O) groups is 1. The molecular formula is C18H16N4OS. The highest BCUT2D eigenvalue weighted by molar-refractivity contribution is 8.13. The summed E-state index contributed by atoms with van der Waals surface area (Å²) in [6, 6.07) is 15.9. The van der Waals surface area contributed by atoms with Crippen molar-refractivity contribution in [2.24, 2.45) is 10.1 Å². The molecule has 5 nitrogen and oxygen atoms in total. The highest BCUT2D eigenvalue weighted by Crippen LogP contribution is 2.30. The number of hydrogen-bond acceptors (Lipinski definition) is 5. The number of thioether (sulfide) groups is 1. The average molecular weight is 336 g/mol. The van der Waals surface area contributed by atoms with Crippen molar-refractivity contribution in [1.29, 1.82) is 0 Å². The van der Waals surface area contributed by atoms with Crippen LogP contribution in [-0.4, -0.2) is 22.3 Å². The molecule has 1 atom stereocenters. The molecule has 0 fully saturated rings. The van der Waals surface area contributed by atoms with Crippen LogP contribution in [0.3, 0.4) is 0 Å². The number of nitrogens with one attached hydrogen (secondary N) is 1. The summed E-state index contributed by atoms with van der Waals surface area (Å²) in [5.74, 6) is -0.145. The van der Waals surface area contributed by atoms with Crippen LogP contribution in [0, 0.1) is 6.92 Å². The lowest BCUT2D eigenvalue weighted by Gasteiger charge is -2.33. The summed E-state index contributed by atoms with van der Waals surface area (Å²) >= 11 is 1.41. The monoisotopic (exact) mass is 336 g/mol. The van der Waals surface area contributed by atoms with E-state index in [0.29, 0.717) is 10.9 Å². The zero-order valence-electron chi connectivity index (χ0n) is 13.4. The maximum absolute atomic E-state index is 12.7. The van der Waals surface area contributed by atoms with E-state index in [1.807, 2.05) is 61.7 Å². The predicted octanol–water partition coefficient (Wildman–Crippen LogP) is 1.50. The van der Waals surface area contributed by atoms with Gasteiger partial charge >= 0.3 is 0 Å². The Morgan fingerprint density at radius 3 is 2.62 bits per heavy atom. The van der Waals surface area contributed by atoms with E-state index in [1.165, 1.54) is 17.3 Å². The lowest BCUT2D eigenvalue weighted by molar-refractivity contribution is -0.116. The van der Waals surface area contributed by atoms with Crippen molar-refractivity contribution in [2.45, 2.75) is 13.1 Å². The van der Waals surface area contributed by atoms with Gasteiger partial charge in [0.2, 0.25) is 0 Å². The second kappa shape index (κ2) is 5.79. The molecule has 2 heterocycles. The van der Waals surface area contributed by atoms with E-state index in [2.05, 4.69) is 10.4 Å². The molecule has 1 unspecified atom stereocenters. The molecule has 1 amide bonds. The Hall–Kier alpha value is -2.60. The molecule has 2 aromatic carbocycles. The topological polar surface area (TPSA) is 57.1 Å². The van der Waals surface area contributed by atoms with E-state index in [0.717, 1.165) is 16.1 Å². The van der Waals surface area contributed by atoms with E-state index in [1.54, 1.807) is 5.01 Å². The quantitative estimate of drug-likeness (QED) is 0.859. The van der Waals surface area contributed by atoms with Crippen LogP contribution in [0.2, 0.25) is 0 Å². The first-order chi connectivity index (χ1) is 11.7. The number of carbonyl (C=O) groups excluding carboxylic acids is 1. The fraction of sp³-hybridized carbons (Fsp3) is 0.167. The van der Waals surface area contributed by atoms with Gasteiger partial charge in [-0.1, -0.05) is 59.8 Å². The molecule has 120 valence electrons. The Morgan fingerprint density at radius 1 is 1.12 bits per heavy atom. The van der Waals surface area contributed by atoms with E-state index in [4.69, 9.17) is 4.99 Å². The third kappa shape index (κ3) is 2.39. The van der Waals surface area contributed by atoms with Gasteiger partial charge in [0.25, 0.3) is 5.91 Å². The lowest BCUT2D eigenvalue weighted by atomic mass is 10.1. The van der Waals surface area contributed by atoms with Gasteiger partial charge in [-0.05, 0) is 24.8 Å². The van der Waals surface area contributed by atoms with Gasteiger partial charge in [0, 0.05) is 5.22 Å². The number of aryl methyl sites for hydroxylation is 1. The third-order valence-electron chi connectivity index (χ3n) is 4.08. The molecule has 2 aliphatic heterocycles. The summed E-state index contributed by atoms with van der Waals surface area (Å²) in [6.07, 6.45) is 1.55. The Balaban J connectivity index is 1.97. The number of benzene rings is 2. The summed E-state index contributed by atoms with van der Waals surface area (Å²) < 4.78 is 0. The number of hydrogen-bond donors (Lipinski definition) is 1. The van der Waals surface area contributed by atoms with E-state index < -0.39 is 0 Å². The molecule has 4 rings (SSSR count). The predicted molar refractivity (Wildman–Crippen MR) is 95.5 cm³/mol. The van der Waals surface area contributed by atoms with Crippen molar-refractivity contribution in [3.05, 3.63) is 70.2 Å². The molecule has 6 heteroatoms. The van der Waals surface area contributed by atoms with Crippen molar-refractivity contribution in [3.8, 4) is 0 Å². The van der Waals surface area contributed by atoms with Crippen LogP contribution in [0.4, 0.5) is 0 Å². The van der Waals surface area contributed by atoms with Crippen LogP contribution in [0.1, 0.15) is 17.3 Å². The highest BCUT2D eigenvalue weighted by Gasteiger charge is 2.33. The highest BCUT2D eigenvalue weighted by atomic mass is 32.2. The fourth-order valence-electron chi connectivity index (χ4n) is 2.87. The molecule has 0 saturated carbocycles. The summed E-state index contributed by atoms with van der Waals surface area (Å²) in [4.78, 5) is 17.5. The average Bonchev–Trinajstić information content (AvgIpc) is 2.61. The number of rotatable bonds is 1. The van der Waals surface area contributed by atoms with E-state index in [-0.39, 0.29) is 12.1 Å². The zero-order valence-corrected chi connectivity index (χ0v) is 14.2. The standard InChI is InChI=1S/C18H16N4OS/c1-11-7-9-12(10-8-11)16-19-14-6-4-3-5-13(14)15-17(23)20-18(24-2)21-22(15)16/h3-10,16H,1-2H3,(H,20,21,23). The Bertz CT molecular complexity index is 965. The van der Waals surface area contributed by atoms with Crippen LogP contribution in [0.5, 0.6) is 0 Å². The third-order valence-corrected chi connectivity index (χ3v) is 4.65. The van der Waals surface area contributed by atoms with Crippen molar-refractivity contribution in [2.75, 3.05) is 6.26 Å². The Morgan fingerprint density at radius 2 is 1.88 bits per heavy atom. The molecule has 1 N–H and O–H groups in total. The molecule has 0 aromatic heterocycles. The Labute approximate surface area is 143 Å². The minimum Gasteiger partial charge on any atom is -0.298 e. The summed E-state index contributed by atoms with van der Waals surface area (Å²) in [5.41, 5.74) is 2.74. The Kier molecular flexibility index (Phi) is 3.61. The maximum Gasteiger partial charge on any atom is 0.276 e. The van der Waals surface area contributed by atoms with Crippen molar-refractivity contribution < 1.29 is 4.79 Å². The minimum atomic E-state index is -0.344. The molecule has 0 saturated heterocycles. The van der Waals surface area contributed by atoms with Gasteiger partial charge in [0.1, 0.15) is 5.70 Å². The van der Waals surface area contributed by atoms with Gasteiger partial charge < -0.3 is 0 Å². The van der Waals surface area contributed by atoms with Gasteiger partial charge in [0.15, 0.2) is 11.3 Å². The molecule has 0 aliphatic carbocycles. The van der Waals surface area contributed by atoms with E-state index >= 15 is 0 Å². The van der Waals surface area contributed by atoms with E-state index in [9.17, 15) is 4.79 Å². The lowest BCUT2D eigenvalue weighted by Crippen LogP contribution is -2.50.